The Labute approximate surface area is 116 Å². The Kier molecular flexibility index (Phi) is 5.77. The highest BCUT2D eigenvalue weighted by atomic mass is 32.1. The summed E-state index contributed by atoms with van der Waals surface area (Å²) in [7, 11) is 0. The smallest absolute Gasteiger partial charge is 0.131 e. The van der Waals surface area contributed by atoms with E-state index in [4.69, 9.17) is 0 Å². The number of hydrogen-bond acceptors (Lipinski definition) is 5. The highest BCUT2D eigenvalue weighted by Gasteiger charge is 2.04. The highest BCUT2D eigenvalue weighted by Crippen LogP contribution is 2.15. The summed E-state index contributed by atoms with van der Waals surface area (Å²) < 4.78 is 0. The van der Waals surface area contributed by atoms with Crippen molar-refractivity contribution in [1.29, 1.82) is 0 Å². The molecule has 0 aromatic carbocycles. The maximum Gasteiger partial charge on any atom is 0.131 e. The summed E-state index contributed by atoms with van der Waals surface area (Å²) in [6, 6.07) is 4.31. The molecule has 1 N–H and O–H groups in total. The van der Waals surface area contributed by atoms with Gasteiger partial charge in [-0.1, -0.05) is 13.0 Å². The van der Waals surface area contributed by atoms with Gasteiger partial charge in [-0.05, 0) is 37.3 Å². The van der Waals surface area contributed by atoms with Gasteiger partial charge < -0.3 is 5.32 Å². The van der Waals surface area contributed by atoms with Gasteiger partial charge in [0.2, 0.25) is 0 Å². The van der Waals surface area contributed by atoms with Crippen LogP contribution in [0.2, 0.25) is 0 Å². The van der Waals surface area contributed by atoms with Crippen molar-refractivity contribution in [1.82, 2.24) is 15.5 Å². The van der Waals surface area contributed by atoms with E-state index in [0.29, 0.717) is 0 Å². The Morgan fingerprint density at radius 1 is 1.22 bits per heavy atom. The van der Waals surface area contributed by atoms with Crippen LogP contribution in [-0.4, -0.2) is 16.7 Å². The molecule has 0 fully saturated rings. The minimum Gasteiger partial charge on any atom is -0.310 e. The van der Waals surface area contributed by atoms with E-state index < -0.39 is 0 Å². The van der Waals surface area contributed by atoms with Gasteiger partial charge in [0.15, 0.2) is 0 Å². The zero-order chi connectivity index (χ0) is 12.6. The fourth-order valence-electron chi connectivity index (χ4n) is 1.70. The molecule has 0 bridgehead atoms. The number of thiophene rings is 1. The van der Waals surface area contributed by atoms with Crippen molar-refractivity contribution in [3.05, 3.63) is 32.4 Å². The van der Waals surface area contributed by atoms with Crippen LogP contribution in [-0.2, 0) is 19.4 Å². The summed E-state index contributed by atoms with van der Waals surface area (Å²) in [6.45, 7) is 4.08. The van der Waals surface area contributed by atoms with Gasteiger partial charge in [0, 0.05) is 17.8 Å². The SMILES string of the molecule is CCCNCc1nnc(CCCc2cccs2)s1. The Bertz CT molecular complexity index is 437. The summed E-state index contributed by atoms with van der Waals surface area (Å²) in [5.41, 5.74) is 0. The molecule has 0 unspecified atom stereocenters. The minimum atomic E-state index is 0.858. The molecule has 2 heterocycles. The van der Waals surface area contributed by atoms with E-state index in [-0.39, 0.29) is 0 Å². The summed E-state index contributed by atoms with van der Waals surface area (Å²) in [5, 5.41) is 16.2. The van der Waals surface area contributed by atoms with E-state index in [1.54, 1.807) is 11.3 Å². The number of nitrogens with one attached hydrogen (secondary N) is 1. The number of aromatic nitrogens is 2. The van der Waals surface area contributed by atoms with Crippen LogP contribution >= 0.6 is 22.7 Å². The standard InChI is InChI=1S/C13H19N3S2/c1-2-8-14-10-13-16-15-12(18-13)7-3-5-11-6-4-9-17-11/h4,6,9,14H,2-3,5,7-8,10H2,1H3. The maximum atomic E-state index is 4.25. The van der Waals surface area contributed by atoms with Crippen molar-refractivity contribution < 1.29 is 0 Å². The average Bonchev–Trinajstić information content (AvgIpc) is 3.01. The number of nitrogens with zero attached hydrogens (tertiary/aromatic N) is 2. The largest absolute Gasteiger partial charge is 0.310 e. The fourth-order valence-corrected chi connectivity index (χ4v) is 3.31. The number of rotatable bonds is 8. The summed E-state index contributed by atoms with van der Waals surface area (Å²) in [5.74, 6) is 0. The van der Waals surface area contributed by atoms with Crippen LogP contribution in [0.25, 0.3) is 0 Å². The van der Waals surface area contributed by atoms with Crippen molar-refractivity contribution in [3.63, 3.8) is 0 Å². The molecule has 18 heavy (non-hydrogen) atoms. The second-order valence-electron chi connectivity index (χ2n) is 4.20. The lowest BCUT2D eigenvalue weighted by molar-refractivity contribution is 0.667. The molecule has 0 amide bonds. The third-order valence-corrected chi connectivity index (χ3v) is 4.52. The summed E-state index contributed by atoms with van der Waals surface area (Å²) in [4.78, 5) is 1.46. The Balaban J connectivity index is 1.69. The van der Waals surface area contributed by atoms with Crippen molar-refractivity contribution in [2.24, 2.45) is 0 Å². The van der Waals surface area contributed by atoms with Crippen LogP contribution in [0.1, 0.15) is 34.7 Å². The average molecular weight is 281 g/mol. The lowest BCUT2D eigenvalue weighted by Crippen LogP contribution is -2.13. The molecule has 2 aromatic rings. The zero-order valence-corrected chi connectivity index (χ0v) is 12.3. The fraction of sp³-hybridized carbons (Fsp3) is 0.538. The quantitative estimate of drug-likeness (QED) is 0.755. The maximum absolute atomic E-state index is 4.25. The first-order chi connectivity index (χ1) is 8.88. The minimum absolute atomic E-state index is 0.858. The molecule has 0 spiro atoms. The topological polar surface area (TPSA) is 37.8 Å². The highest BCUT2D eigenvalue weighted by molar-refractivity contribution is 7.11. The Morgan fingerprint density at radius 3 is 2.89 bits per heavy atom. The predicted octanol–water partition coefficient (Wildman–Crippen LogP) is 3.27. The first kappa shape index (κ1) is 13.6. The normalized spacial score (nSPS) is 10.9. The molecule has 3 nitrogen and oxygen atoms in total. The van der Waals surface area contributed by atoms with Gasteiger partial charge in [-0.2, -0.15) is 0 Å². The first-order valence-corrected chi connectivity index (χ1v) is 8.12. The second kappa shape index (κ2) is 7.61. The molecule has 2 aromatic heterocycles. The van der Waals surface area contributed by atoms with E-state index in [0.717, 1.165) is 43.8 Å². The van der Waals surface area contributed by atoms with Crippen molar-refractivity contribution in [2.75, 3.05) is 6.54 Å². The molecule has 0 aliphatic heterocycles. The van der Waals surface area contributed by atoms with Crippen molar-refractivity contribution in [3.8, 4) is 0 Å². The van der Waals surface area contributed by atoms with E-state index >= 15 is 0 Å². The van der Waals surface area contributed by atoms with Crippen LogP contribution in [0.3, 0.4) is 0 Å². The molecule has 0 atom stereocenters. The molecule has 0 aliphatic rings. The molecule has 2 rings (SSSR count). The molecular formula is C13H19N3S2. The predicted molar refractivity (Wildman–Crippen MR) is 78.3 cm³/mol. The van der Waals surface area contributed by atoms with Crippen molar-refractivity contribution >= 4 is 22.7 Å². The van der Waals surface area contributed by atoms with E-state index in [1.165, 1.54) is 9.88 Å². The zero-order valence-electron chi connectivity index (χ0n) is 10.7. The van der Waals surface area contributed by atoms with Crippen LogP contribution in [0.4, 0.5) is 0 Å². The van der Waals surface area contributed by atoms with Gasteiger partial charge in [-0.3, -0.25) is 0 Å². The van der Waals surface area contributed by atoms with Crippen molar-refractivity contribution in [2.45, 2.75) is 39.2 Å². The summed E-state index contributed by atoms with van der Waals surface area (Å²) in [6.07, 6.45) is 4.52. The van der Waals surface area contributed by atoms with E-state index in [9.17, 15) is 0 Å². The molecule has 0 saturated carbocycles. The molecule has 0 saturated heterocycles. The van der Waals surface area contributed by atoms with Gasteiger partial charge in [0.05, 0.1) is 0 Å². The van der Waals surface area contributed by atoms with Gasteiger partial charge in [-0.25, -0.2) is 0 Å². The lowest BCUT2D eigenvalue weighted by Gasteiger charge is -1.97. The van der Waals surface area contributed by atoms with Crippen LogP contribution in [0.5, 0.6) is 0 Å². The van der Waals surface area contributed by atoms with Crippen LogP contribution < -0.4 is 5.32 Å². The lowest BCUT2D eigenvalue weighted by atomic mass is 10.2. The molecule has 0 aliphatic carbocycles. The van der Waals surface area contributed by atoms with Crippen LogP contribution in [0, 0.1) is 0 Å². The Hall–Kier alpha value is -0.780. The van der Waals surface area contributed by atoms with Crippen LogP contribution in [0.15, 0.2) is 17.5 Å². The Morgan fingerprint density at radius 2 is 2.11 bits per heavy atom. The first-order valence-electron chi connectivity index (χ1n) is 6.43. The molecule has 5 heteroatoms. The van der Waals surface area contributed by atoms with Gasteiger partial charge in [-0.15, -0.1) is 32.9 Å². The van der Waals surface area contributed by atoms with E-state index in [1.807, 2.05) is 11.3 Å². The number of aryl methyl sites for hydroxylation is 2. The summed E-state index contributed by atoms with van der Waals surface area (Å²) >= 11 is 3.57. The molecule has 98 valence electrons. The monoisotopic (exact) mass is 281 g/mol. The molecular weight excluding hydrogens is 262 g/mol. The number of hydrogen-bond donors (Lipinski definition) is 1. The third-order valence-electron chi connectivity index (χ3n) is 2.61. The molecule has 0 radical (unpaired) electrons. The van der Waals surface area contributed by atoms with E-state index in [2.05, 4.69) is 40.0 Å². The second-order valence-corrected chi connectivity index (χ2v) is 6.38. The van der Waals surface area contributed by atoms with Gasteiger partial charge in [0.25, 0.3) is 0 Å². The van der Waals surface area contributed by atoms with Gasteiger partial charge >= 0.3 is 0 Å². The third kappa shape index (κ3) is 4.48. The van der Waals surface area contributed by atoms with Gasteiger partial charge in [0.1, 0.15) is 10.0 Å².